The molecule has 2 N–H and O–H groups in total. The van der Waals surface area contributed by atoms with Gasteiger partial charge < -0.3 is 5.73 Å². The van der Waals surface area contributed by atoms with Crippen molar-refractivity contribution in [2.75, 3.05) is 19.6 Å². The van der Waals surface area contributed by atoms with Crippen molar-refractivity contribution in [3.8, 4) is 0 Å². The number of nitrogens with two attached hydrogens (primary N) is 1. The molecule has 2 nitrogen and oxygen atoms in total. The summed E-state index contributed by atoms with van der Waals surface area (Å²) in [4.78, 5) is 2.52. The number of hydrogen-bond acceptors (Lipinski definition) is 2. The molecule has 0 amide bonds. The first kappa shape index (κ1) is 13.7. The maximum absolute atomic E-state index is 5.94. The van der Waals surface area contributed by atoms with Crippen molar-refractivity contribution >= 4 is 0 Å². The van der Waals surface area contributed by atoms with Gasteiger partial charge >= 0.3 is 0 Å². The Morgan fingerprint density at radius 1 is 1.44 bits per heavy atom. The second kappa shape index (κ2) is 5.83. The summed E-state index contributed by atoms with van der Waals surface area (Å²) in [5.74, 6) is 0. The second-order valence-corrected chi connectivity index (χ2v) is 5.99. The van der Waals surface area contributed by atoms with Gasteiger partial charge in [0.1, 0.15) is 0 Å². The summed E-state index contributed by atoms with van der Waals surface area (Å²) in [6.45, 7) is 12.6. The standard InChI is InChI=1S/C14H28N2/c1-5-13(15)8-11-16-9-6-12(7-10-16)14(2,3)4/h6,13H,5,7-11,15H2,1-4H3. The molecule has 1 aliphatic rings. The van der Waals surface area contributed by atoms with Gasteiger partial charge in [-0.15, -0.1) is 0 Å². The van der Waals surface area contributed by atoms with Crippen LogP contribution in [0.1, 0.15) is 47.0 Å². The lowest BCUT2D eigenvalue weighted by Gasteiger charge is -2.32. The van der Waals surface area contributed by atoms with Crippen LogP contribution in [0.4, 0.5) is 0 Å². The van der Waals surface area contributed by atoms with Crippen molar-refractivity contribution in [1.29, 1.82) is 0 Å². The van der Waals surface area contributed by atoms with Gasteiger partial charge in [0.25, 0.3) is 0 Å². The normalized spacial score (nSPS) is 20.7. The van der Waals surface area contributed by atoms with Gasteiger partial charge in [-0.3, -0.25) is 4.90 Å². The molecule has 1 aliphatic heterocycles. The molecule has 0 spiro atoms. The molecular formula is C14H28N2. The van der Waals surface area contributed by atoms with Crippen LogP contribution in [-0.4, -0.2) is 30.6 Å². The molecule has 0 aromatic carbocycles. The molecule has 0 aromatic heterocycles. The van der Waals surface area contributed by atoms with Crippen molar-refractivity contribution in [2.24, 2.45) is 11.1 Å². The van der Waals surface area contributed by atoms with E-state index in [1.54, 1.807) is 5.57 Å². The molecule has 0 aliphatic carbocycles. The van der Waals surface area contributed by atoms with E-state index in [0.717, 1.165) is 25.9 Å². The quantitative estimate of drug-likeness (QED) is 0.744. The summed E-state index contributed by atoms with van der Waals surface area (Å²) in [6, 6.07) is 0.382. The van der Waals surface area contributed by atoms with Gasteiger partial charge in [0.2, 0.25) is 0 Å². The highest BCUT2D eigenvalue weighted by molar-refractivity contribution is 5.14. The van der Waals surface area contributed by atoms with Crippen molar-refractivity contribution in [2.45, 2.75) is 53.0 Å². The summed E-state index contributed by atoms with van der Waals surface area (Å²) >= 11 is 0. The number of hydrogen-bond donors (Lipinski definition) is 1. The average molecular weight is 224 g/mol. The Hall–Kier alpha value is -0.340. The zero-order chi connectivity index (χ0) is 12.2. The Morgan fingerprint density at radius 2 is 2.12 bits per heavy atom. The Labute approximate surface area is 101 Å². The van der Waals surface area contributed by atoms with E-state index in [1.807, 2.05) is 0 Å². The first-order valence-corrected chi connectivity index (χ1v) is 6.61. The third kappa shape index (κ3) is 4.26. The monoisotopic (exact) mass is 224 g/mol. The first-order chi connectivity index (χ1) is 7.43. The molecule has 0 radical (unpaired) electrons. The molecule has 2 heteroatoms. The molecular weight excluding hydrogens is 196 g/mol. The van der Waals surface area contributed by atoms with Crippen LogP contribution in [0.5, 0.6) is 0 Å². The topological polar surface area (TPSA) is 29.3 Å². The Kier molecular flexibility index (Phi) is 5.00. The highest BCUT2D eigenvalue weighted by atomic mass is 15.1. The highest BCUT2D eigenvalue weighted by Gasteiger charge is 2.21. The fourth-order valence-corrected chi connectivity index (χ4v) is 2.15. The van der Waals surface area contributed by atoms with Crippen LogP contribution >= 0.6 is 0 Å². The van der Waals surface area contributed by atoms with Crippen LogP contribution in [0, 0.1) is 5.41 Å². The van der Waals surface area contributed by atoms with E-state index < -0.39 is 0 Å². The van der Waals surface area contributed by atoms with Crippen LogP contribution in [0.25, 0.3) is 0 Å². The van der Waals surface area contributed by atoms with Crippen LogP contribution in [-0.2, 0) is 0 Å². The molecule has 0 bridgehead atoms. The third-order valence-corrected chi connectivity index (χ3v) is 3.60. The fraction of sp³-hybridized carbons (Fsp3) is 0.857. The molecule has 0 saturated carbocycles. The van der Waals surface area contributed by atoms with Crippen molar-refractivity contribution in [3.63, 3.8) is 0 Å². The molecule has 0 saturated heterocycles. The first-order valence-electron chi connectivity index (χ1n) is 6.61. The largest absolute Gasteiger partial charge is 0.328 e. The SMILES string of the molecule is CCC(N)CCN1CC=C(C(C)(C)C)CC1. The molecule has 1 atom stereocenters. The summed E-state index contributed by atoms with van der Waals surface area (Å²) in [7, 11) is 0. The zero-order valence-electron chi connectivity index (χ0n) is 11.4. The molecule has 0 aromatic rings. The average Bonchev–Trinajstić information content (AvgIpc) is 2.25. The molecule has 1 unspecified atom stereocenters. The lowest BCUT2D eigenvalue weighted by Crippen LogP contribution is -2.34. The van der Waals surface area contributed by atoms with Gasteiger partial charge in [0, 0.05) is 19.1 Å². The minimum Gasteiger partial charge on any atom is -0.328 e. The van der Waals surface area contributed by atoms with E-state index >= 15 is 0 Å². The molecule has 1 rings (SSSR count). The zero-order valence-corrected chi connectivity index (χ0v) is 11.4. The maximum atomic E-state index is 5.94. The summed E-state index contributed by atoms with van der Waals surface area (Å²) in [5, 5.41) is 0. The molecule has 0 fully saturated rings. The Balaban J connectivity index is 2.34. The third-order valence-electron chi connectivity index (χ3n) is 3.60. The van der Waals surface area contributed by atoms with E-state index in [4.69, 9.17) is 5.73 Å². The second-order valence-electron chi connectivity index (χ2n) is 5.99. The lowest BCUT2D eigenvalue weighted by molar-refractivity contribution is 0.267. The maximum Gasteiger partial charge on any atom is 0.0166 e. The van der Waals surface area contributed by atoms with E-state index in [1.165, 1.54) is 13.0 Å². The predicted octanol–water partition coefficient (Wildman–Crippen LogP) is 2.79. The van der Waals surface area contributed by atoms with Gasteiger partial charge in [-0.2, -0.15) is 0 Å². The summed E-state index contributed by atoms with van der Waals surface area (Å²) < 4.78 is 0. The van der Waals surface area contributed by atoms with Gasteiger partial charge in [0.05, 0.1) is 0 Å². The van der Waals surface area contributed by atoms with Crippen LogP contribution in [0.3, 0.4) is 0 Å². The van der Waals surface area contributed by atoms with E-state index in [2.05, 4.69) is 38.7 Å². The van der Waals surface area contributed by atoms with Gasteiger partial charge in [-0.05, 0) is 31.2 Å². The molecule has 1 heterocycles. The number of nitrogens with zero attached hydrogens (tertiary/aromatic N) is 1. The van der Waals surface area contributed by atoms with Crippen molar-refractivity contribution < 1.29 is 0 Å². The lowest BCUT2D eigenvalue weighted by atomic mass is 9.83. The fourth-order valence-electron chi connectivity index (χ4n) is 2.15. The Morgan fingerprint density at radius 3 is 2.56 bits per heavy atom. The Bertz CT molecular complexity index is 238. The molecule has 16 heavy (non-hydrogen) atoms. The van der Waals surface area contributed by atoms with Crippen LogP contribution < -0.4 is 5.73 Å². The van der Waals surface area contributed by atoms with Crippen molar-refractivity contribution in [1.82, 2.24) is 4.90 Å². The minimum absolute atomic E-state index is 0.353. The van der Waals surface area contributed by atoms with Crippen molar-refractivity contribution in [3.05, 3.63) is 11.6 Å². The van der Waals surface area contributed by atoms with E-state index in [9.17, 15) is 0 Å². The van der Waals surface area contributed by atoms with Gasteiger partial charge in [0.15, 0.2) is 0 Å². The van der Waals surface area contributed by atoms with Gasteiger partial charge in [-0.1, -0.05) is 39.3 Å². The minimum atomic E-state index is 0.353. The summed E-state index contributed by atoms with van der Waals surface area (Å²) in [5.41, 5.74) is 7.91. The summed E-state index contributed by atoms with van der Waals surface area (Å²) in [6.07, 6.45) is 5.87. The van der Waals surface area contributed by atoms with Crippen LogP contribution in [0.15, 0.2) is 11.6 Å². The predicted molar refractivity (Wildman–Crippen MR) is 71.5 cm³/mol. The van der Waals surface area contributed by atoms with Gasteiger partial charge in [-0.25, -0.2) is 0 Å². The number of rotatable bonds is 4. The highest BCUT2D eigenvalue weighted by Crippen LogP contribution is 2.29. The smallest absolute Gasteiger partial charge is 0.0166 e. The molecule has 94 valence electrons. The van der Waals surface area contributed by atoms with Crippen LogP contribution in [0.2, 0.25) is 0 Å². The van der Waals surface area contributed by atoms with E-state index in [-0.39, 0.29) is 0 Å². The van der Waals surface area contributed by atoms with E-state index in [0.29, 0.717) is 11.5 Å².